The first-order valence-corrected chi connectivity index (χ1v) is 8.71. The zero-order valence-electron chi connectivity index (χ0n) is 16.1. The van der Waals surface area contributed by atoms with Crippen molar-refractivity contribution in [1.82, 2.24) is 9.88 Å². The van der Waals surface area contributed by atoms with Gasteiger partial charge in [-0.25, -0.2) is 4.79 Å². The third-order valence-corrected chi connectivity index (χ3v) is 3.54. The SMILES string of the molecule is CC(C)(C)OC[C@H](Cn1ccc2ccccc21)NC(=O)OC(C)(C)C. The highest BCUT2D eigenvalue weighted by Gasteiger charge is 2.22. The van der Waals surface area contributed by atoms with Crippen molar-refractivity contribution >= 4 is 17.0 Å². The Morgan fingerprint density at radius 2 is 1.76 bits per heavy atom. The molecule has 1 atom stereocenters. The first kappa shape index (κ1) is 19.3. The summed E-state index contributed by atoms with van der Waals surface area (Å²) in [6.45, 7) is 12.6. The average molecular weight is 346 g/mol. The predicted molar refractivity (Wildman–Crippen MR) is 101 cm³/mol. The van der Waals surface area contributed by atoms with Crippen molar-refractivity contribution < 1.29 is 14.3 Å². The smallest absolute Gasteiger partial charge is 0.408 e. The van der Waals surface area contributed by atoms with E-state index in [-0.39, 0.29) is 11.6 Å². The summed E-state index contributed by atoms with van der Waals surface area (Å²) < 4.78 is 13.4. The van der Waals surface area contributed by atoms with Gasteiger partial charge in [-0.3, -0.25) is 0 Å². The fraction of sp³-hybridized carbons (Fsp3) is 0.550. The second kappa shape index (κ2) is 7.48. The lowest BCUT2D eigenvalue weighted by Crippen LogP contribution is -2.45. The Morgan fingerprint density at radius 1 is 1.08 bits per heavy atom. The summed E-state index contributed by atoms with van der Waals surface area (Å²) in [5.74, 6) is 0. The number of benzene rings is 1. The van der Waals surface area contributed by atoms with Crippen LogP contribution in [0.3, 0.4) is 0 Å². The molecule has 25 heavy (non-hydrogen) atoms. The second-order valence-corrected chi connectivity index (χ2v) is 8.29. The highest BCUT2D eigenvalue weighted by Crippen LogP contribution is 2.16. The number of amides is 1. The van der Waals surface area contributed by atoms with E-state index in [9.17, 15) is 4.79 Å². The number of hydrogen-bond donors (Lipinski definition) is 1. The van der Waals surface area contributed by atoms with Gasteiger partial charge in [-0.1, -0.05) is 18.2 Å². The number of nitrogens with one attached hydrogen (secondary N) is 1. The van der Waals surface area contributed by atoms with Crippen molar-refractivity contribution in [3.63, 3.8) is 0 Å². The van der Waals surface area contributed by atoms with Gasteiger partial charge in [0, 0.05) is 18.3 Å². The second-order valence-electron chi connectivity index (χ2n) is 8.29. The number of alkyl carbamates (subject to hydrolysis) is 1. The van der Waals surface area contributed by atoms with E-state index >= 15 is 0 Å². The van der Waals surface area contributed by atoms with Crippen LogP contribution in [0.25, 0.3) is 10.9 Å². The predicted octanol–water partition coefficient (Wildman–Crippen LogP) is 4.35. The largest absolute Gasteiger partial charge is 0.444 e. The van der Waals surface area contributed by atoms with Crippen molar-refractivity contribution in [1.29, 1.82) is 0 Å². The van der Waals surface area contributed by atoms with E-state index in [0.717, 1.165) is 5.52 Å². The van der Waals surface area contributed by atoms with Gasteiger partial charge in [0.1, 0.15) is 5.60 Å². The molecule has 0 saturated carbocycles. The van der Waals surface area contributed by atoms with Gasteiger partial charge in [-0.15, -0.1) is 0 Å². The third-order valence-electron chi connectivity index (χ3n) is 3.54. The summed E-state index contributed by atoms with van der Waals surface area (Å²) in [6.07, 6.45) is 1.61. The molecule has 138 valence electrons. The Morgan fingerprint density at radius 3 is 2.40 bits per heavy atom. The lowest BCUT2D eigenvalue weighted by Gasteiger charge is -2.27. The number of nitrogens with zero attached hydrogens (tertiary/aromatic N) is 1. The molecule has 1 N–H and O–H groups in total. The zero-order chi connectivity index (χ0) is 18.7. The first-order chi connectivity index (χ1) is 11.5. The molecule has 0 unspecified atom stereocenters. The molecule has 0 spiro atoms. The monoisotopic (exact) mass is 346 g/mol. The maximum atomic E-state index is 12.2. The fourth-order valence-corrected chi connectivity index (χ4v) is 2.50. The zero-order valence-corrected chi connectivity index (χ0v) is 16.1. The standard InChI is InChI=1S/C20H30N2O3/c1-19(2,3)24-14-16(21-18(23)25-20(4,5)6)13-22-12-11-15-9-7-8-10-17(15)22/h7-12,16H,13-14H2,1-6H3,(H,21,23)/t16-/m0/s1. The molecule has 0 bridgehead atoms. The normalized spacial score (nSPS) is 13.7. The average Bonchev–Trinajstić information content (AvgIpc) is 2.85. The van der Waals surface area contributed by atoms with Crippen molar-refractivity contribution in [2.75, 3.05) is 6.61 Å². The van der Waals surface area contributed by atoms with Crippen molar-refractivity contribution in [3.05, 3.63) is 36.5 Å². The lowest BCUT2D eigenvalue weighted by atomic mass is 10.2. The van der Waals surface area contributed by atoms with Crippen LogP contribution >= 0.6 is 0 Å². The number of carbonyl (C=O) groups is 1. The molecule has 2 aromatic rings. The molecule has 1 amide bonds. The number of aromatic nitrogens is 1. The molecule has 1 heterocycles. The van der Waals surface area contributed by atoms with E-state index in [4.69, 9.17) is 9.47 Å². The summed E-state index contributed by atoms with van der Waals surface area (Å²) in [5, 5.41) is 4.12. The number of para-hydroxylation sites is 1. The number of rotatable bonds is 5. The maximum Gasteiger partial charge on any atom is 0.408 e. The lowest BCUT2D eigenvalue weighted by molar-refractivity contribution is -0.0189. The Kier molecular flexibility index (Phi) is 5.78. The van der Waals surface area contributed by atoms with Gasteiger partial charge in [-0.2, -0.15) is 0 Å². The van der Waals surface area contributed by atoms with Crippen LogP contribution in [0.4, 0.5) is 4.79 Å². The molecule has 5 heteroatoms. The van der Waals surface area contributed by atoms with E-state index in [1.54, 1.807) is 0 Å². The highest BCUT2D eigenvalue weighted by atomic mass is 16.6. The molecule has 1 aromatic carbocycles. The minimum absolute atomic E-state index is 0.190. The van der Waals surface area contributed by atoms with Crippen LogP contribution < -0.4 is 5.32 Å². The van der Waals surface area contributed by atoms with Crippen molar-refractivity contribution in [2.45, 2.75) is 65.3 Å². The van der Waals surface area contributed by atoms with Crippen molar-refractivity contribution in [3.8, 4) is 0 Å². The van der Waals surface area contributed by atoms with Crippen LogP contribution in [0.15, 0.2) is 36.5 Å². The molecule has 0 radical (unpaired) electrons. The van der Waals surface area contributed by atoms with Crippen LogP contribution in [0.5, 0.6) is 0 Å². The van der Waals surface area contributed by atoms with Crippen LogP contribution in [-0.2, 0) is 16.0 Å². The van der Waals surface area contributed by atoms with E-state index in [1.807, 2.05) is 59.9 Å². The van der Waals surface area contributed by atoms with Gasteiger partial charge in [0.2, 0.25) is 0 Å². The molecule has 0 fully saturated rings. The molecular formula is C20H30N2O3. The molecule has 0 aliphatic rings. The van der Waals surface area contributed by atoms with Crippen molar-refractivity contribution in [2.24, 2.45) is 0 Å². The summed E-state index contributed by atoms with van der Waals surface area (Å²) >= 11 is 0. The number of fused-ring (bicyclic) bond motifs is 1. The molecule has 1 aromatic heterocycles. The minimum atomic E-state index is -0.528. The fourth-order valence-electron chi connectivity index (χ4n) is 2.50. The number of hydrogen-bond acceptors (Lipinski definition) is 3. The number of ether oxygens (including phenoxy) is 2. The number of carbonyl (C=O) groups excluding carboxylic acids is 1. The van der Waals surface area contributed by atoms with Gasteiger partial charge < -0.3 is 19.4 Å². The summed E-state index contributed by atoms with van der Waals surface area (Å²) in [7, 11) is 0. The molecule has 2 rings (SSSR count). The first-order valence-electron chi connectivity index (χ1n) is 8.71. The van der Waals surface area contributed by atoms with Crippen LogP contribution in [0.1, 0.15) is 41.5 Å². The molecular weight excluding hydrogens is 316 g/mol. The van der Waals surface area contributed by atoms with Gasteiger partial charge in [0.25, 0.3) is 0 Å². The Bertz CT molecular complexity index is 708. The van der Waals surface area contributed by atoms with E-state index < -0.39 is 11.7 Å². The third kappa shape index (κ3) is 6.42. The van der Waals surface area contributed by atoms with Crippen LogP contribution in [0.2, 0.25) is 0 Å². The molecule has 0 aliphatic carbocycles. The summed E-state index contributed by atoms with van der Waals surface area (Å²) in [4.78, 5) is 12.2. The Labute approximate surface area is 150 Å². The summed E-state index contributed by atoms with van der Waals surface area (Å²) in [5.41, 5.74) is 0.334. The quantitative estimate of drug-likeness (QED) is 0.876. The summed E-state index contributed by atoms with van der Waals surface area (Å²) in [6, 6.07) is 10.1. The van der Waals surface area contributed by atoms with Crippen LogP contribution in [-0.4, -0.2) is 34.5 Å². The van der Waals surface area contributed by atoms with E-state index in [0.29, 0.717) is 13.2 Å². The van der Waals surface area contributed by atoms with Gasteiger partial charge in [0.05, 0.1) is 18.2 Å². The Balaban J connectivity index is 2.12. The molecule has 5 nitrogen and oxygen atoms in total. The highest BCUT2D eigenvalue weighted by molar-refractivity contribution is 5.79. The molecule has 0 aliphatic heterocycles. The van der Waals surface area contributed by atoms with E-state index in [1.165, 1.54) is 5.39 Å². The Hall–Kier alpha value is -2.01. The maximum absolute atomic E-state index is 12.2. The minimum Gasteiger partial charge on any atom is -0.444 e. The van der Waals surface area contributed by atoms with Gasteiger partial charge in [0.15, 0.2) is 0 Å². The van der Waals surface area contributed by atoms with Gasteiger partial charge >= 0.3 is 6.09 Å². The molecule has 0 saturated heterocycles. The van der Waals surface area contributed by atoms with E-state index in [2.05, 4.69) is 28.1 Å². The van der Waals surface area contributed by atoms with Gasteiger partial charge in [-0.05, 0) is 59.1 Å². The van der Waals surface area contributed by atoms with Crippen LogP contribution in [0, 0.1) is 0 Å². The topological polar surface area (TPSA) is 52.5 Å².